The number of nitrogens with zero attached hydrogens (tertiary/aromatic N) is 1. The molecule has 1 atom stereocenters. The van der Waals surface area contributed by atoms with Crippen molar-refractivity contribution in [1.82, 2.24) is 0 Å². The van der Waals surface area contributed by atoms with Gasteiger partial charge in [0.25, 0.3) is 0 Å². The van der Waals surface area contributed by atoms with Gasteiger partial charge >= 0.3 is 0 Å². The first-order valence-electron chi connectivity index (χ1n) is 8.68. The normalized spacial score (nSPS) is 12.5. The molecule has 146 valence electrons. The van der Waals surface area contributed by atoms with E-state index in [9.17, 15) is 13.2 Å². The molecule has 1 amide bonds. The highest BCUT2D eigenvalue weighted by molar-refractivity contribution is 7.92. The summed E-state index contributed by atoms with van der Waals surface area (Å²) < 4.78 is 26.4. The first-order valence-corrected chi connectivity index (χ1v) is 10.9. The monoisotopic (exact) mass is 408 g/mol. The van der Waals surface area contributed by atoms with Gasteiger partial charge < -0.3 is 5.32 Å². The zero-order chi connectivity index (χ0) is 20.4. The van der Waals surface area contributed by atoms with Gasteiger partial charge in [-0.3, -0.25) is 9.10 Å². The molecule has 0 saturated heterocycles. The Kier molecular flexibility index (Phi) is 6.54. The maximum absolute atomic E-state index is 13.0. The molecule has 0 bridgehead atoms. The molecule has 0 heterocycles. The van der Waals surface area contributed by atoms with E-state index in [0.717, 1.165) is 22.9 Å². The van der Waals surface area contributed by atoms with Crippen molar-refractivity contribution in [1.29, 1.82) is 0 Å². The van der Waals surface area contributed by atoms with E-state index in [-0.39, 0.29) is 5.91 Å². The van der Waals surface area contributed by atoms with Crippen LogP contribution < -0.4 is 9.62 Å². The molecule has 0 unspecified atom stereocenters. The molecule has 0 radical (unpaired) electrons. The van der Waals surface area contributed by atoms with Crippen molar-refractivity contribution in [3.63, 3.8) is 0 Å². The van der Waals surface area contributed by atoms with Crippen LogP contribution in [0.2, 0.25) is 5.02 Å². The third kappa shape index (κ3) is 5.02. The number of sulfonamides is 1. The lowest BCUT2D eigenvalue weighted by Crippen LogP contribution is -2.47. The first-order chi connectivity index (χ1) is 12.5. The zero-order valence-corrected chi connectivity index (χ0v) is 17.8. The fourth-order valence-electron chi connectivity index (χ4n) is 2.98. The lowest BCUT2D eigenvalue weighted by molar-refractivity contribution is -0.117. The van der Waals surface area contributed by atoms with Crippen LogP contribution in [0.3, 0.4) is 0 Å². The number of aryl methyl sites for hydroxylation is 3. The predicted octanol–water partition coefficient (Wildman–Crippen LogP) is 4.45. The summed E-state index contributed by atoms with van der Waals surface area (Å²) in [6.45, 7) is 7.35. The molecule has 0 fully saturated rings. The van der Waals surface area contributed by atoms with E-state index in [4.69, 9.17) is 11.6 Å². The van der Waals surface area contributed by atoms with Crippen molar-refractivity contribution < 1.29 is 13.2 Å². The minimum atomic E-state index is -3.67. The van der Waals surface area contributed by atoms with Gasteiger partial charge in [-0.25, -0.2) is 8.42 Å². The van der Waals surface area contributed by atoms with Gasteiger partial charge in [-0.05, 0) is 68.1 Å². The van der Waals surface area contributed by atoms with Gasteiger partial charge in [0.05, 0.1) is 11.9 Å². The summed E-state index contributed by atoms with van der Waals surface area (Å²) in [7, 11) is -3.67. The summed E-state index contributed by atoms with van der Waals surface area (Å²) in [6.07, 6.45) is 1.46. The third-order valence-corrected chi connectivity index (χ3v) is 5.78. The number of hydrogen-bond donors (Lipinski definition) is 1. The Morgan fingerprint density at radius 1 is 1.11 bits per heavy atom. The molecule has 1 N–H and O–H groups in total. The average Bonchev–Trinajstić information content (AvgIpc) is 2.56. The summed E-state index contributed by atoms with van der Waals surface area (Å²) in [5.41, 5.74) is 3.65. The van der Waals surface area contributed by atoms with Crippen molar-refractivity contribution in [2.45, 2.75) is 40.2 Å². The quantitative estimate of drug-likeness (QED) is 0.767. The molecule has 0 aliphatic heterocycles. The maximum atomic E-state index is 13.0. The van der Waals surface area contributed by atoms with E-state index in [1.165, 1.54) is 4.31 Å². The summed E-state index contributed by atoms with van der Waals surface area (Å²) in [6, 6.07) is 9.84. The second-order valence-electron chi connectivity index (χ2n) is 6.72. The standard InChI is InChI=1S/C20H25ClN2O3S/c1-6-18(20(24)22-17-10-9-16(21)12-15(17)4)23(27(5,25)26)19-11-13(2)7-8-14(19)3/h7-12,18H,6H2,1-5H3,(H,22,24)/t18-/m1/s1. The smallest absolute Gasteiger partial charge is 0.248 e. The van der Waals surface area contributed by atoms with Crippen LogP contribution in [0.15, 0.2) is 36.4 Å². The van der Waals surface area contributed by atoms with E-state index >= 15 is 0 Å². The van der Waals surface area contributed by atoms with Crippen molar-refractivity contribution >= 4 is 38.9 Å². The van der Waals surface area contributed by atoms with Gasteiger partial charge in [0.2, 0.25) is 15.9 Å². The fourth-order valence-corrected chi connectivity index (χ4v) is 4.46. The third-order valence-electron chi connectivity index (χ3n) is 4.38. The fraction of sp³-hybridized carbons (Fsp3) is 0.350. The number of benzene rings is 2. The molecule has 2 rings (SSSR count). The van der Waals surface area contributed by atoms with Gasteiger partial charge in [0.15, 0.2) is 0 Å². The Morgan fingerprint density at radius 3 is 2.33 bits per heavy atom. The topological polar surface area (TPSA) is 66.5 Å². The average molecular weight is 409 g/mol. The molecule has 27 heavy (non-hydrogen) atoms. The van der Waals surface area contributed by atoms with Gasteiger partial charge in [0, 0.05) is 10.7 Å². The Labute approximate surface area is 166 Å². The largest absolute Gasteiger partial charge is 0.324 e. The number of nitrogens with one attached hydrogen (secondary N) is 1. The lowest BCUT2D eigenvalue weighted by Gasteiger charge is -2.31. The van der Waals surface area contributed by atoms with Crippen LogP contribution in [0.25, 0.3) is 0 Å². The molecule has 2 aromatic rings. The number of anilines is 2. The van der Waals surface area contributed by atoms with E-state index < -0.39 is 16.1 Å². The van der Waals surface area contributed by atoms with Crippen LogP contribution in [0, 0.1) is 20.8 Å². The molecule has 0 spiro atoms. The van der Waals surface area contributed by atoms with Gasteiger partial charge in [-0.2, -0.15) is 0 Å². The number of amides is 1. The van der Waals surface area contributed by atoms with E-state index in [0.29, 0.717) is 22.8 Å². The SMILES string of the molecule is CC[C@H](C(=O)Nc1ccc(Cl)cc1C)N(c1cc(C)ccc1C)S(C)(=O)=O. The van der Waals surface area contributed by atoms with E-state index in [1.807, 2.05) is 32.9 Å². The van der Waals surface area contributed by atoms with E-state index in [2.05, 4.69) is 5.32 Å². The minimum Gasteiger partial charge on any atom is -0.324 e. The van der Waals surface area contributed by atoms with Crippen LogP contribution in [-0.4, -0.2) is 26.6 Å². The molecule has 0 aliphatic carbocycles. The Hall–Kier alpha value is -2.05. The van der Waals surface area contributed by atoms with Crippen LogP contribution in [-0.2, 0) is 14.8 Å². The second-order valence-corrected chi connectivity index (χ2v) is 9.02. The molecule has 2 aromatic carbocycles. The number of halogens is 1. The van der Waals surface area contributed by atoms with Crippen LogP contribution in [0.4, 0.5) is 11.4 Å². The Morgan fingerprint density at radius 2 is 1.78 bits per heavy atom. The maximum Gasteiger partial charge on any atom is 0.248 e. The Balaban J connectivity index is 2.46. The van der Waals surface area contributed by atoms with Crippen molar-refractivity contribution in [3.8, 4) is 0 Å². The molecule has 5 nitrogen and oxygen atoms in total. The molecule has 0 saturated carbocycles. The number of carbonyl (C=O) groups excluding carboxylic acids is 1. The van der Waals surface area contributed by atoms with Gasteiger partial charge in [-0.1, -0.05) is 30.7 Å². The molecule has 0 aromatic heterocycles. The summed E-state index contributed by atoms with van der Waals surface area (Å²) in [5.74, 6) is -0.380. The van der Waals surface area contributed by atoms with Crippen molar-refractivity contribution in [2.75, 3.05) is 15.9 Å². The minimum absolute atomic E-state index is 0.332. The van der Waals surface area contributed by atoms with Gasteiger partial charge in [-0.15, -0.1) is 0 Å². The van der Waals surface area contributed by atoms with E-state index in [1.54, 1.807) is 31.2 Å². The highest BCUT2D eigenvalue weighted by atomic mass is 35.5. The van der Waals surface area contributed by atoms with Crippen molar-refractivity contribution in [3.05, 3.63) is 58.1 Å². The summed E-state index contributed by atoms with van der Waals surface area (Å²) >= 11 is 5.97. The molecular formula is C20H25ClN2O3S. The summed E-state index contributed by atoms with van der Waals surface area (Å²) in [5, 5.41) is 3.42. The highest BCUT2D eigenvalue weighted by Gasteiger charge is 2.32. The van der Waals surface area contributed by atoms with Crippen molar-refractivity contribution in [2.24, 2.45) is 0 Å². The Bertz CT molecular complexity index is 958. The lowest BCUT2D eigenvalue weighted by atomic mass is 10.1. The predicted molar refractivity (Wildman–Crippen MR) is 112 cm³/mol. The van der Waals surface area contributed by atoms with Crippen LogP contribution in [0.1, 0.15) is 30.0 Å². The van der Waals surface area contributed by atoms with Crippen LogP contribution >= 0.6 is 11.6 Å². The zero-order valence-electron chi connectivity index (χ0n) is 16.2. The summed E-state index contributed by atoms with van der Waals surface area (Å²) in [4.78, 5) is 13.0. The molecule has 7 heteroatoms. The number of hydrogen-bond acceptors (Lipinski definition) is 3. The number of carbonyl (C=O) groups is 1. The molecule has 0 aliphatic rings. The second kappa shape index (κ2) is 8.31. The highest BCUT2D eigenvalue weighted by Crippen LogP contribution is 2.28. The van der Waals surface area contributed by atoms with Crippen LogP contribution in [0.5, 0.6) is 0 Å². The number of rotatable bonds is 6. The first kappa shape index (κ1) is 21.3. The molecular weight excluding hydrogens is 384 g/mol. The van der Waals surface area contributed by atoms with Gasteiger partial charge in [0.1, 0.15) is 6.04 Å².